The van der Waals surface area contributed by atoms with Gasteiger partial charge in [0.25, 0.3) is 5.56 Å². The summed E-state index contributed by atoms with van der Waals surface area (Å²) in [5.74, 6) is -0.0534. The first-order valence-electron chi connectivity index (χ1n) is 5.12. The molecule has 0 N–H and O–H groups in total. The Morgan fingerprint density at radius 3 is 2.12 bits per heavy atom. The van der Waals surface area contributed by atoms with Crippen molar-refractivity contribution in [3.63, 3.8) is 0 Å². The van der Waals surface area contributed by atoms with Crippen molar-refractivity contribution in [1.29, 1.82) is 0 Å². The third-order valence-corrected chi connectivity index (χ3v) is 2.38. The molecule has 1 aromatic rings. The van der Waals surface area contributed by atoms with Gasteiger partial charge < -0.3 is 10.0 Å². The van der Waals surface area contributed by atoms with E-state index in [1.54, 1.807) is 26.0 Å². The summed E-state index contributed by atoms with van der Waals surface area (Å²) < 4.78 is 1.40. The van der Waals surface area contributed by atoms with Crippen LogP contribution in [0.15, 0.2) is 4.79 Å². The minimum atomic E-state index is -0.482. The van der Waals surface area contributed by atoms with Crippen molar-refractivity contribution in [3.8, 4) is 5.88 Å². The van der Waals surface area contributed by atoms with Crippen molar-refractivity contribution in [2.75, 3.05) is 19.0 Å². The summed E-state index contributed by atoms with van der Waals surface area (Å²) >= 11 is 0. The van der Waals surface area contributed by atoms with Gasteiger partial charge in [0.15, 0.2) is 0 Å². The molecule has 0 aliphatic rings. The van der Waals surface area contributed by atoms with E-state index in [0.29, 0.717) is 5.95 Å². The van der Waals surface area contributed by atoms with Crippen LogP contribution in [0.5, 0.6) is 5.88 Å². The molecule has 0 aliphatic carbocycles. The molecule has 1 heterocycles. The molecule has 0 aliphatic heterocycles. The third-order valence-electron chi connectivity index (χ3n) is 2.38. The monoisotopic (exact) mass is 247 g/mol. The number of anilines is 1. The summed E-state index contributed by atoms with van der Waals surface area (Å²) in [6.07, 6.45) is 0. The van der Waals surface area contributed by atoms with Crippen molar-refractivity contribution >= 4 is 5.95 Å². The SMILES string of the molecule is CN(C)c1nc([O-])c(C(C)(C)C)c(=O)n1C.[Na+]. The third kappa shape index (κ3) is 3.24. The van der Waals surface area contributed by atoms with Crippen LogP contribution in [0.3, 0.4) is 0 Å². The van der Waals surface area contributed by atoms with Gasteiger partial charge in [0.2, 0.25) is 5.95 Å². The second-order valence-corrected chi connectivity index (χ2v) is 5.10. The molecular formula is C11H18N3NaO2. The minimum absolute atomic E-state index is 0. The van der Waals surface area contributed by atoms with E-state index in [4.69, 9.17) is 0 Å². The molecule has 0 amide bonds. The van der Waals surface area contributed by atoms with E-state index in [0.717, 1.165) is 0 Å². The maximum absolute atomic E-state index is 12.1. The van der Waals surface area contributed by atoms with Crippen LogP contribution >= 0.6 is 0 Å². The van der Waals surface area contributed by atoms with Crippen LogP contribution in [0.4, 0.5) is 5.95 Å². The Balaban J connectivity index is 0.00000256. The normalized spacial score (nSPS) is 10.9. The molecule has 0 aromatic carbocycles. The van der Waals surface area contributed by atoms with E-state index in [1.165, 1.54) is 4.57 Å². The Hall–Kier alpha value is -0.520. The minimum Gasteiger partial charge on any atom is -0.858 e. The number of aromatic nitrogens is 2. The largest absolute Gasteiger partial charge is 1.00 e. The van der Waals surface area contributed by atoms with Gasteiger partial charge in [0.1, 0.15) is 0 Å². The Kier molecular flexibility index (Phi) is 5.25. The standard InChI is InChI=1S/C11H19N3O2.Na/c1-11(2,3)7-8(15)12-10(13(4)5)14(6)9(7)16;/h15H,1-6H3;/q;+1/p-1. The molecule has 0 saturated carbocycles. The Bertz CT molecular complexity index is 461. The van der Waals surface area contributed by atoms with E-state index < -0.39 is 11.3 Å². The van der Waals surface area contributed by atoms with Gasteiger partial charge in [-0.2, -0.15) is 0 Å². The van der Waals surface area contributed by atoms with Gasteiger partial charge >= 0.3 is 29.6 Å². The van der Waals surface area contributed by atoms with E-state index in [1.807, 2.05) is 20.8 Å². The van der Waals surface area contributed by atoms with Gasteiger partial charge in [-0.15, -0.1) is 0 Å². The molecule has 1 rings (SSSR count). The predicted octanol–water partition coefficient (Wildman–Crippen LogP) is -2.78. The van der Waals surface area contributed by atoms with Crippen LogP contribution < -0.4 is 45.1 Å². The average molecular weight is 247 g/mol. The number of hydrogen-bond donors (Lipinski definition) is 0. The number of hydrogen-bond acceptors (Lipinski definition) is 4. The maximum atomic E-state index is 12.1. The zero-order valence-electron chi connectivity index (χ0n) is 11.7. The Morgan fingerprint density at radius 2 is 1.76 bits per heavy atom. The van der Waals surface area contributed by atoms with Crippen LogP contribution in [-0.2, 0) is 12.5 Å². The van der Waals surface area contributed by atoms with Crippen molar-refractivity contribution < 1.29 is 34.7 Å². The molecule has 0 unspecified atom stereocenters. The molecule has 90 valence electrons. The predicted molar refractivity (Wildman–Crippen MR) is 62.0 cm³/mol. The Labute approximate surface area is 124 Å². The van der Waals surface area contributed by atoms with E-state index in [9.17, 15) is 9.90 Å². The Morgan fingerprint density at radius 1 is 1.29 bits per heavy atom. The first-order valence-corrected chi connectivity index (χ1v) is 5.12. The van der Waals surface area contributed by atoms with Gasteiger partial charge in [0.05, 0.1) is 0 Å². The van der Waals surface area contributed by atoms with Gasteiger partial charge in [-0.3, -0.25) is 9.36 Å². The van der Waals surface area contributed by atoms with E-state index in [-0.39, 0.29) is 40.7 Å². The van der Waals surface area contributed by atoms with Crippen LogP contribution in [0.25, 0.3) is 0 Å². The van der Waals surface area contributed by atoms with Crippen LogP contribution in [0.1, 0.15) is 26.3 Å². The van der Waals surface area contributed by atoms with Crippen molar-refractivity contribution in [2.24, 2.45) is 7.05 Å². The zero-order chi connectivity index (χ0) is 12.7. The van der Waals surface area contributed by atoms with Crippen molar-refractivity contribution in [2.45, 2.75) is 26.2 Å². The molecule has 1 aromatic heterocycles. The number of nitrogens with zero attached hydrogens (tertiary/aromatic N) is 3. The van der Waals surface area contributed by atoms with Crippen LogP contribution in [-0.4, -0.2) is 23.6 Å². The summed E-state index contributed by atoms with van der Waals surface area (Å²) in [5, 5.41) is 11.8. The molecule has 0 radical (unpaired) electrons. The fourth-order valence-corrected chi connectivity index (χ4v) is 1.61. The zero-order valence-corrected chi connectivity index (χ0v) is 13.7. The van der Waals surface area contributed by atoms with Gasteiger partial charge in [0, 0.05) is 32.6 Å². The number of rotatable bonds is 1. The first-order chi connectivity index (χ1) is 7.16. The topological polar surface area (TPSA) is 61.2 Å². The summed E-state index contributed by atoms with van der Waals surface area (Å²) in [6.45, 7) is 5.51. The molecule has 6 heteroatoms. The molecule has 0 fully saturated rings. The average Bonchev–Trinajstić information content (AvgIpc) is 2.08. The molecule has 0 bridgehead atoms. The summed E-state index contributed by atoms with van der Waals surface area (Å²) in [4.78, 5) is 17.6. The van der Waals surface area contributed by atoms with E-state index in [2.05, 4.69) is 4.98 Å². The molecule has 17 heavy (non-hydrogen) atoms. The molecule has 0 saturated heterocycles. The second kappa shape index (κ2) is 5.42. The molecule has 0 atom stereocenters. The maximum Gasteiger partial charge on any atom is 1.00 e. The molecule has 5 nitrogen and oxygen atoms in total. The fraction of sp³-hybridized carbons (Fsp3) is 0.636. The summed E-state index contributed by atoms with van der Waals surface area (Å²) in [6, 6.07) is 0. The van der Waals surface area contributed by atoms with Crippen LogP contribution in [0.2, 0.25) is 0 Å². The smallest absolute Gasteiger partial charge is 0.858 e. The van der Waals surface area contributed by atoms with Gasteiger partial charge in [-0.05, 0) is 5.41 Å². The van der Waals surface area contributed by atoms with Crippen molar-refractivity contribution in [1.82, 2.24) is 9.55 Å². The first kappa shape index (κ1) is 16.5. The summed E-state index contributed by atoms with van der Waals surface area (Å²) in [5.41, 5.74) is -0.513. The van der Waals surface area contributed by atoms with Gasteiger partial charge in [-0.1, -0.05) is 20.8 Å². The molecule has 0 spiro atoms. The summed E-state index contributed by atoms with van der Waals surface area (Å²) in [7, 11) is 5.12. The molecular weight excluding hydrogens is 229 g/mol. The second-order valence-electron chi connectivity index (χ2n) is 5.10. The van der Waals surface area contributed by atoms with Crippen LogP contribution in [0, 0.1) is 0 Å². The fourth-order valence-electron chi connectivity index (χ4n) is 1.61. The van der Waals surface area contributed by atoms with Gasteiger partial charge in [-0.25, -0.2) is 4.98 Å². The van der Waals surface area contributed by atoms with Crippen molar-refractivity contribution in [3.05, 3.63) is 15.9 Å². The van der Waals surface area contributed by atoms with E-state index >= 15 is 0 Å². The quantitative estimate of drug-likeness (QED) is 0.504.